The highest BCUT2D eigenvalue weighted by atomic mass is 19.0. The molecule has 2 fully saturated rings. The van der Waals surface area contributed by atoms with Gasteiger partial charge in [-0.1, -0.05) is 0 Å². The van der Waals surface area contributed by atoms with Crippen LogP contribution >= 0.6 is 0 Å². The number of halogens is 2. The van der Waals surface area contributed by atoms with Crippen molar-refractivity contribution in [2.24, 2.45) is 0 Å². The van der Waals surface area contributed by atoms with Crippen molar-refractivity contribution in [3.8, 4) is 0 Å². The highest BCUT2D eigenvalue weighted by Crippen LogP contribution is 2.09. The van der Waals surface area contributed by atoms with Gasteiger partial charge in [0.1, 0.15) is 0 Å². The van der Waals surface area contributed by atoms with Crippen LogP contribution < -0.4 is 0 Å². The molecule has 2 rings (SSSR count). The SMILES string of the molecule is CC1CCCO1.CN1CCOCC1.F.F. The zero-order chi connectivity index (χ0) is 9.52. The summed E-state index contributed by atoms with van der Waals surface area (Å²) in [6.07, 6.45) is 3.08. The molecule has 0 saturated carbocycles. The van der Waals surface area contributed by atoms with E-state index in [1.54, 1.807) is 0 Å². The fourth-order valence-electron chi connectivity index (χ4n) is 1.39. The second-order valence-corrected chi connectivity index (χ2v) is 3.74. The van der Waals surface area contributed by atoms with Crippen LogP contribution in [0, 0.1) is 0 Å². The van der Waals surface area contributed by atoms with E-state index >= 15 is 0 Å². The van der Waals surface area contributed by atoms with Gasteiger partial charge in [-0.15, -0.1) is 0 Å². The second-order valence-electron chi connectivity index (χ2n) is 3.74. The van der Waals surface area contributed by atoms with Crippen molar-refractivity contribution < 1.29 is 18.9 Å². The molecule has 0 spiro atoms. The van der Waals surface area contributed by atoms with E-state index in [1.165, 1.54) is 12.8 Å². The van der Waals surface area contributed by atoms with E-state index < -0.39 is 0 Å². The summed E-state index contributed by atoms with van der Waals surface area (Å²) in [5.74, 6) is 0. The molecular formula is C10H23F2NO2. The maximum Gasteiger partial charge on any atom is 0.0594 e. The zero-order valence-electron chi connectivity index (χ0n) is 9.61. The lowest BCUT2D eigenvalue weighted by Gasteiger charge is -2.21. The molecule has 2 aliphatic heterocycles. The minimum atomic E-state index is 0. The smallest absolute Gasteiger partial charge is 0.0594 e. The largest absolute Gasteiger partial charge is 0.379 e. The molecular weight excluding hydrogens is 204 g/mol. The summed E-state index contributed by atoms with van der Waals surface area (Å²) in [7, 11) is 2.11. The molecule has 2 saturated heterocycles. The lowest BCUT2D eigenvalue weighted by Crippen LogP contribution is -2.32. The monoisotopic (exact) mass is 227 g/mol. The molecule has 5 heteroatoms. The highest BCUT2D eigenvalue weighted by molar-refractivity contribution is 4.56. The lowest BCUT2D eigenvalue weighted by atomic mass is 10.3. The zero-order valence-corrected chi connectivity index (χ0v) is 9.61. The molecule has 0 aromatic rings. The van der Waals surface area contributed by atoms with Crippen molar-refractivity contribution in [3.63, 3.8) is 0 Å². The second kappa shape index (κ2) is 10.3. The molecule has 15 heavy (non-hydrogen) atoms. The van der Waals surface area contributed by atoms with Crippen LogP contribution in [-0.4, -0.2) is 51.0 Å². The van der Waals surface area contributed by atoms with Crippen molar-refractivity contribution in [1.82, 2.24) is 4.90 Å². The summed E-state index contributed by atoms with van der Waals surface area (Å²) in [6.45, 7) is 7.13. The molecule has 0 amide bonds. The number of hydrogen-bond donors (Lipinski definition) is 0. The van der Waals surface area contributed by atoms with Gasteiger partial charge in [0, 0.05) is 19.7 Å². The van der Waals surface area contributed by atoms with Gasteiger partial charge in [-0.25, -0.2) is 0 Å². The summed E-state index contributed by atoms with van der Waals surface area (Å²) in [5, 5.41) is 0. The van der Waals surface area contributed by atoms with Crippen molar-refractivity contribution in [2.75, 3.05) is 40.0 Å². The van der Waals surface area contributed by atoms with Crippen molar-refractivity contribution in [2.45, 2.75) is 25.9 Å². The summed E-state index contributed by atoms with van der Waals surface area (Å²) >= 11 is 0. The third-order valence-corrected chi connectivity index (χ3v) is 2.39. The van der Waals surface area contributed by atoms with Crippen LogP contribution in [0.2, 0.25) is 0 Å². The minimum absolute atomic E-state index is 0. The highest BCUT2D eigenvalue weighted by Gasteiger charge is 2.07. The molecule has 1 unspecified atom stereocenters. The van der Waals surface area contributed by atoms with Crippen LogP contribution in [-0.2, 0) is 9.47 Å². The van der Waals surface area contributed by atoms with E-state index in [0.29, 0.717) is 6.10 Å². The third-order valence-electron chi connectivity index (χ3n) is 2.39. The number of morpholine rings is 1. The Morgan fingerprint density at radius 3 is 1.87 bits per heavy atom. The minimum Gasteiger partial charge on any atom is -0.379 e. The summed E-state index contributed by atoms with van der Waals surface area (Å²) < 4.78 is 10.3. The van der Waals surface area contributed by atoms with Gasteiger partial charge >= 0.3 is 0 Å². The Labute approximate surface area is 90.5 Å². The molecule has 0 N–H and O–H groups in total. The fourth-order valence-corrected chi connectivity index (χ4v) is 1.39. The molecule has 94 valence electrons. The Morgan fingerprint density at radius 1 is 1.07 bits per heavy atom. The first kappa shape index (κ1) is 17.1. The number of likely N-dealkylation sites (N-methyl/N-ethyl adjacent to an activating group) is 1. The van der Waals surface area contributed by atoms with E-state index in [0.717, 1.165) is 32.9 Å². The van der Waals surface area contributed by atoms with Crippen LogP contribution in [0.15, 0.2) is 0 Å². The Balaban J connectivity index is 0. The number of hydrogen-bond acceptors (Lipinski definition) is 3. The van der Waals surface area contributed by atoms with E-state index in [9.17, 15) is 0 Å². The van der Waals surface area contributed by atoms with Gasteiger partial charge < -0.3 is 14.4 Å². The molecule has 0 bridgehead atoms. The van der Waals surface area contributed by atoms with Gasteiger partial charge in [-0.3, -0.25) is 9.41 Å². The first-order chi connectivity index (χ1) is 6.29. The van der Waals surface area contributed by atoms with Crippen LogP contribution in [0.5, 0.6) is 0 Å². The molecule has 3 nitrogen and oxygen atoms in total. The van der Waals surface area contributed by atoms with Gasteiger partial charge in [0.15, 0.2) is 0 Å². The van der Waals surface area contributed by atoms with Crippen LogP contribution in [0.25, 0.3) is 0 Å². The first-order valence-electron chi connectivity index (χ1n) is 5.17. The van der Waals surface area contributed by atoms with E-state index in [-0.39, 0.29) is 9.41 Å². The maximum atomic E-state index is 5.15. The standard InChI is InChI=1S/C5H11NO.C5H10O.2FH/c1-6-2-4-7-5-3-6;1-5-3-2-4-6-5;;/h2-5H2,1H3;5H,2-4H2,1H3;2*1H. The molecule has 0 radical (unpaired) electrons. The van der Waals surface area contributed by atoms with E-state index in [2.05, 4.69) is 18.9 Å². The average molecular weight is 227 g/mol. The first-order valence-corrected chi connectivity index (χ1v) is 5.17. The van der Waals surface area contributed by atoms with E-state index in [1.807, 2.05) is 0 Å². The average Bonchev–Trinajstić information content (AvgIpc) is 2.58. The summed E-state index contributed by atoms with van der Waals surface area (Å²) in [5.41, 5.74) is 0. The molecule has 2 aliphatic rings. The normalized spacial score (nSPS) is 25.6. The van der Waals surface area contributed by atoms with Crippen molar-refractivity contribution in [1.29, 1.82) is 0 Å². The predicted molar refractivity (Wildman–Crippen MR) is 58.0 cm³/mol. The number of ether oxygens (including phenoxy) is 2. The molecule has 0 aromatic heterocycles. The molecule has 1 atom stereocenters. The van der Waals surface area contributed by atoms with Crippen LogP contribution in [0.3, 0.4) is 0 Å². The Morgan fingerprint density at radius 2 is 1.67 bits per heavy atom. The Bertz CT molecular complexity index is 127. The summed E-state index contributed by atoms with van der Waals surface area (Å²) in [4.78, 5) is 2.27. The third kappa shape index (κ3) is 8.72. The van der Waals surface area contributed by atoms with Gasteiger partial charge in [0.05, 0.1) is 19.3 Å². The van der Waals surface area contributed by atoms with Gasteiger partial charge in [-0.05, 0) is 26.8 Å². The summed E-state index contributed by atoms with van der Waals surface area (Å²) in [6, 6.07) is 0. The van der Waals surface area contributed by atoms with E-state index in [4.69, 9.17) is 9.47 Å². The Hall–Kier alpha value is -0.260. The van der Waals surface area contributed by atoms with Gasteiger partial charge in [0.25, 0.3) is 0 Å². The van der Waals surface area contributed by atoms with Crippen molar-refractivity contribution >= 4 is 0 Å². The van der Waals surface area contributed by atoms with Crippen LogP contribution in [0.1, 0.15) is 19.8 Å². The Kier molecular flexibility index (Phi) is 11.7. The van der Waals surface area contributed by atoms with Gasteiger partial charge in [0.2, 0.25) is 0 Å². The molecule has 2 heterocycles. The van der Waals surface area contributed by atoms with Gasteiger partial charge in [-0.2, -0.15) is 0 Å². The quantitative estimate of drug-likeness (QED) is 0.625. The molecule has 0 aromatic carbocycles. The number of rotatable bonds is 0. The van der Waals surface area contributed by atoms with Crippen molar-refractivity contribution in [3.05, 3.63) is 0 Å². The topological polar surface area (TPSA) is 21.7 Å². The molecule has 0 aliphatic carbocycles. The predicted octanol–water partition coefficient (Wildman–Crippen LogP) is 1.44. The maximum absolute atomic E-state index is 5.15. The number of nitrogens with zero attached hydrogens (tertiary/aromatic N) is 1. The fraction of sp³-hybridized carbons (Fsp3) is 1.00. The lowest BCUT2D eigenvalue weighted by molar-refractivity contribution is 0.0503. The van der Waals surface area contributed by atoms with Crippen LogP contribution in [0.4, 0.5) is 9.41 Å².